The summed E-state index contributed by atoms with van der Waals surface area (Å²) >= 11 is 0. The van der Waals surface area contributed by atoms with Crippen LogP contribution in [0.2, 0.25) is 0 Å². The van der Waals surface area contributed by atoms with E-state index in [1.54, 1.807) is 12.1 Å². The van der Waals surface area contributed by atoms with Crippen LogP contribution in [-0.2, 0) is 9.05 Å². The summed E-state index contributed by atoms with van der Waals surface area (Å²) in [5.74, 6) is -0.138. The Labute approximate surface area is 92.2 Å². The van der Waals surface area contributed by atoms with Crippen LogP contribution in [0.4, 0.5) is 4.39 Å². The SMILES string of the molecule is COc1ccc(C(F)CS(=O)(=O)Cl)cc1. The van der Waals surface area contributed by atoms with Crippen molar-refractivity contribution < 1.29 is 17.5 Å². The van der Waals surface area contributed by atoms with Gasteiger partial charge in [-0.15, -0.1) is 0 Å². The molecule has 15 heavy (non-hydrogen) atoms. The first kappa shape index (κ1) is 12.3. The fourth-order valence-corrected chi connectivity index (χ4v) is 1.96. The quantitative estimate of drug-likeness (QED) is 0.772. The molecule has 6 heteroatoms. The van der Waals surface area contributed by atoms with Crippen LogP contribution in [0.15, 0.2) is 24.3 Å². The summed E-state index contributed by atoms with van der Waals surface area (Å²) in [4.78, 5) is 0. The number of rotatable bonds is 4. The number of ether oxygens (including phenoxy) is 1. The third-order valence-electron chi connectivity index (χ3n) is 1.82. The molecule has 0 radical (unpaired) electrons. The standard InChI is InChI=1S/C9H10ClFO3S/c1-14-8-4-2-7(3-5-8)9(11)6-15(10,12)13/h2-5,9H,6H2,1H3. The van der Waals surface area contributed by atoms with E-state index in [9.17, 15) is 12.8 Å². The van der Waals surface area contributed by atoms with E-state index in [4.69, 9.17) is 15.4 Å². The van der Waals surface area contributed by atoms with Crippen molar-refractivity contribution in [1.29, 1.82) is 0 Å². The molecule has 0 aliphatic heterocycles. The van der Waals surface area contributed by atoms with E-state index in [0.29, 0.717) is 5.75 Å². The Morgan fingerprint density at radius 1 is 1.40 bits per heavy atom. The highest BCUT2D eigenvalue weighted by Crippen LogP contribution is 2.23. The molecule has 1 aromatic rings. The Morgan fingerprint density at radius 2 is 1.93 bits per heavy atom. The van der Waals surface area contributed by atoms with Crippen molar-refractivity contribution in [3.63, 3.8) is 0 Å². The van der Waals surface area contributed by atoms with Gasteiger partial charge in [-0.1, -0.05) is 12.1 Å². The Morgan fingerprint density at radius 3 is 2.33 bits per heavy atom. The van der Waals surface area contributed by atoms with E-state index in [0.717, 1.165) is 0 Å². The molecule has 0 saturated heterocycles. The number of benzene rings is 1. The number of hydrogen-bond acceptors (Lipinski definition) is 3. The van der Waals surface area contributed by atoms with Crippen LogP contribution in [0.3, 0.4) is 0 Å². The Hall–Kier alpha value is -0.810. The lowest BCUT2D eigenvalue weighted by molar-refractivity contribution is 0.374. The Kier molecular flexibility index (Phi) is 3.93. The zero-order chi connectivity index (χ0) is 11.5. The van der Waals surface area contributed by atoms with Crippen molar-refractivity contribution in [3.05, 3.63) is 29.8 Å². The summed E-state index contributed by atoms with van der Waals surface area (Å²) < 4.78 is 39.5. The van der Waals surface area contributed by atoms with Gasteiger partial charge in [0.15, 0.2) is 0 Å². The summed E-state index contributed by atoms with van der Waals surface area (Å²) in [6.45, 7) is 0. The van der Waals surface area contributed by atoms with Gasteiger partial charge in [-0.05, 0) is 17.7 Å². The van der Waals surface area contributed by atoms with Gasteiger partial charge in [0.2, 0.25) is 9.05 Å². The first-order chi connectivity index (χ1) is 6.92. The largest absolute Gasteiger partial charge is 0.497 e. The molecule has 0 amide bonds. The third-order valence-corrected chi connectivity index (χ3v) is 2.89. The molecule has 1 aromatic carbocycles. The average molecular weight is 253 g/mol. The smallest absolute Gasteiger partial charge is 0.235 e. The van der Waals surface area contributed by atoms with E-state index >= 15 is 0 Å². The lowest BCUT2D eigenvalue weighted by atomic mass is 10.1. The highest BCUT2D eigenvalue weighted by atomic mass is 35.7. The van der Waals surface area contributed by atoms with E-state index in [2.05, 4.69) is 0 Å². The lowest BCUT2D eigenvalue weighted by Gasteiger charge is -2.07. The number of methoxy groups -OCH3 is 1. The summed E-state index contributed by atoms with van der Waals surface area (Å²) in [6, 6.07) is 6.04. The highest BCUT2D eigenvalue weighted by molar-refractivity contribution is 8.13. The normalized spacial score (nSPS) is 13.5. The fourth-order valence-electron chi connectivity index (χ4n) is 1.08. The summed E-state index contributed by atoms with van der Waals surface area (Å²) in [5, 5.41) is 0. The monoisotopic (exact) mass is 252 g/mol. The molecule has 1 unspecified atom stereocenters. The van der Waals surface area contributed by atoms with Crippen LogP contribution in [0.25, 0.3) is 0 Å². The van der Waals surface area contributed by atoms with Crippen LogP contribution in [0, 0.1) is 0 Å². The van der Waals surface area contributed by atoms with E-state index in [-0.39, 0.29) is 5.56 Å². The second-order valence-electron chi connectivity index (χ2n) is 2.95. The van der Waals surface area contributed by atoms with Gasteiger partial charge in [0.25, 0.3) is 0 Å². The molecule has 0 bridgehead atoms. The molecule has 0 aliphatic carbocycles. The molecule has 0 spiro atoms. The minimum absolute atomic E-state index is 0.264. The predicted octanol–water partition coefficient (Wildman–Crippen LogP) is 2.27. The van der Waals surface area contributed by atoms with Gasteiger partial charge in [-0.3, -0.25) is 0 Å². The maximum absolute atomic E-state index is 13.4. The summed E-state index contributed by atoms with van der Waals surface area (Å²) in [6.07, 6.45) is -1.61. The molecule has 0 aliphatic rings. The van der Waals surface area contributed by atoms with Crippen LogP contribution in [0.5, 0.6) is 5.75 Å². The topological polar surface area (TPSA) is 43.4 Å². The third kappa shape index (κ3) is 4.05. The molecular formula is C9H10ClFO3S. The molecule has 1 rings (SSSR count). The van der Waals surface area contributed by atoms with Gasteiger partial charge in [-0.2, -0.15) is 0 Å². The second-order valence-corrected chi connectivity index (χ2v) is 5.77. The molecule has 84 valence electrons. The van der Waals surface area contributed by atoms with Gasteiger partial charge < -0.3 is 4.74 Å². The van der Waals surface area contributed by atoms with Crippen molar-refractivity contribution in [2.75, 3.05) is 12.9 Å². The Bertz CT molecular complexity index is 415. The zero-order valence-electron chi connectivity index (χ0n) is 7.98. The van der Waals surface area contributed by atoms with Gasteiger partial charge >= 0.3 is 0 Å². The van der Waals surface area contributed by atoms with E-state index in [1.165, 1.54) is 19.2 Å². The van der Waals surface area contributed by atoms with Crippen molar-refractivity contribution in [2.45, 2.75) is 6.17 Å². The molecule has 0 saturated carbocycles. The van der Waals surface area contributed by atoms with Crippen LogP contribution in [-0.4, -0.2) is 21.3 Å². The average Bonchev–Trinajstić information content (AvgIpc) is 2.15. The van der Waals surface area contributed by atoms with Crippen molar-refractivity contribution in [1.82, 2.24) is 0 Å². The van der Waals surface area contributed by atoms with E-state index in [1.807, 2.05) is 0 Å². The summed E-state index contributed by atoms with van der Waals surface area (Å²) in [5.41, 5.74) is 0.264. The predicted molar refractivity (Wildman–Crippen MR) is 56.5 cm³/mol. The lowest BCUT2D eigenvalue weighted by Crippen LogP contribution is -2.05. The van der Waals surface area contributed by atoms with Gasteiger partial charge in [0.05, 0.1) is 7.11 Å². The van der Waals surface area contributed by atoms with Crippen molar-refractivity contribution >= 4 is 19.7 Å². The Balaban J connectivity index is 2.78. The molecule has 0 heterocycles. The van der Waals surface area contributed by atoms with Crippen LogP contribution >= 0.6 is 10.7 Å². The van der Waals surface area contributed by atoms with Gasteiger partial charge in [0.1, 0.15) is 17.7 Å². The zero-order valence-corrected chi connectivity index (χ0v) is 9.56. The highest BCUT2D eigenvalue weighted by Gasteiger charge is 2.17. The van der Waals surface area contributed by atoms with Gasteiger partial charge in [0, 0.05) is 10.7 Å². The minimum Gasteiger partial charge on any atom is -0.497 e. The minimum atomic E-state index is -3.82. The van der Waals surface area contributed by atoms with Crippen molar-refractivity contribution in [2.24, 2.45) is 0 Å². The molecule has 0 aromatic heterocycles. The number of halogens is 2. The van der Waals surface area contributed by atoms with Crippen LogP contribution in [0.1, 0.15) is 11.7 Å². The fraction of sp³-hybridized carbons (Fsp3) is 0.333. The first-order valence-electron chi connectivity index (χ1n) is 4.13. The molecule has 0 fully saturated rings. The van der Waals surface area contributed by atoms with E-state index < -0.39 is 21.0 Å². The maximum Gasteiger partial charge on any atom is 0.235 e. The number of hydrogen-bond donors (Lipinski definition) is 0. The maximum atomic E-state index is 13.4. The molecule has 1 atom stereocenters. The van der Waals surface area contributed by atoms with Crippen LogP contribution < -0.4 is 4.74 Å². The summed E-state index contributed by atoms with van der Waals surface area (Å²) in [7, 11) is 2.61. The van der Waals surface area contributed by atoms with Crippen molar-refractivity contribution in [3.8, 4) is 5.75 Å². The molecular weight excluding hydrogens is 243 g/mol. The first-order valence-corrected chi connectivity index (χ1v) is 6.60. The second kappa shape index (κ2) is 4.81. The number of alkyl halides is 1. The van der Waals surface area contributed by atoms with Gasteiger partial charge in [-0.25, -0.2) is 12.8 Å². The molecule has 0 N–H and O–H groups in total. The molecule has 3 nitrogen and oxygen atoms in total.